The summed E-state index contributed by atoms with van der Waals surface area (Å²) in [5.41, 5.74) is 4.94. The van der Waals surface area contributed by atoms with Crippen LogP contribution in [0.1, 0.15) is 5.82 Å². The molecule has 0 fully saturated rings. The topological polar surface area (TPSA) is 62.8 Å². The molecule has 3 aromatic carbocycles. The SMILES string of the molecule is COc1ccc2nc3ccccc3c(NCc3nc4ccccc4[nH]3)c2c1. The Hall–Kier alpha value is -3.60. The van der Waals surface area contributed by atoms with Gasteiger partial charge in [-0.15, -0.1) is 0 Å². The highest BCUT2D eigenvalue weighted by Gasteiger charge is 2.11. The molecule has 0 aliphatic carbocycles. The van der Waals surface area contributed by atoms with E-state index in [-0.39, 0.29) is 0 Å². The van der Waals surface area contributed by atoms with Crippen LogP contribution in [-0.2, 0) is 6.54 Å². The first-order chi connectivity index (χ1) is 13.3. The smallest absolute Gasteiger partial charge is 0.126 e. The van der Waals surface area contributed by atoms with E-state index in [0.29, 0.717) is 6.54 Å². The number of hydrogen-bond donors (Lipinski definition) is 2. The predicted octanol–water partition coefficient (Wildman–Crippen LogP) is 4.89. The quantitative estimate of drug-likeness (QED) is 0.451. The Bertz CT molecular complexity index is 1240. The van der Waals surface area contributed by atoms with Crippen molar-refractivity contribution >= 4 is 38.5 Å². The number of methoxy groups -OCH3 is 1. The van der Waals surface area contributed by atoms with E-state index in [1.165, 1.54) is 0 Å². The maximum absolute atomic E-state index is 5.42. The molecule has 2 aromatic heterocycles. The van der Waals surface area contributed by atoms with Crippen molar-refractivity contribution in [1.82, 2.24) is 15.0 Å². The molecule has 2 heterocycles. The van der Waals surface area contributed by atoms with Gasteiger partial charge in [0.05, 0.1) is 41.4 Å². The number of nitrogens with one attached hydrogen (secondary N) is 2. The molecule has 0 bridgehead atoms. The fraction of sp³-hybridized carbons (Fsp3) is 0.0909. The maximum atomic E-state index is 5.42. The summed E-state index contributed by atoms with van der Waals surface area (Å²) in [7, 11) is 1.68. The van der Waals surface area contributed by atoms with Crippen LogP contribution in [0.15, 0.2) is 66.7 Å². The molecule has 0 atom stereocenters. The lowest BCUT2D eigenvalue weighted by Crippen LogP contribution is -2.03. The van der Waals surface area contributed by atoms with Gasteiger partial charge >= 0.3 is 0 Å². The molecule has 0 radical (unpaired) electrons. The normalized spacial score (nSPS) is 11.3. The van der Waals surface area contributed by atoms with E-state index >= 15 is 0 Å². The number of benzene rings is 3. The van der Waals surface area contributed by atoms with E-state index < -0.39 is 0 Å². The lowest BCUT2D eigenvalue weighted by Gasteiger charge is -2.13. The van der Waals surface area contributed by atoms with Crippen LogP contribution in [0, 0.1) is 0 Å². The number of ether oxygens (including phenoxy) is 1. The zero-order valence-corrected chi connectivity index (χ0v) is 14.9. The zero-order valence-electron chi connectivity index (χ0n) is 14.9. The number of anilines is 1. The first-order valence-corrected chi connectivity index (χ1v) is 8.86. The number of para-hydroxylation sites is 3. The number of fused-ring (bicyclic) bond motifs is 3. The third-order valence-corrected chi connectivity index (χ3v) is 4.76. The predicted molar refractivity (Wildman–Crippen MR) is 109 cm³/mol. The number of H-pyrrole nitrogens is 1. The minimum atomic E-state index is 0.592. The Kier molecular flexibility index (Phi) is 3.64. The van der Waals surface area contributed by atoms with Crippen LogP contribution >= 0.6 is 0 Å². The maximum Gasteiger partial charge on any atom is 0.126 e. The van der Waals surface area contributed by atoms with E-state index in [2.05, 4.69) is 21.4 Å². The molecule has 5 aromatic rings. The first-order valence-electron chi connectivity index (χ1n) is 8.86. The highest BCUT2D eigenvalue weighted by molar-refractivity contribution is 6.07. The second kappa shape index (κ2) is 6.29. The molecule has 0 saturated carbocycles. The summed E-state index contributed by atoms with van der Waals surface area (Å²) >= 11 is 0. The Morgan fingerprint density at radius 3 is 2.48 bits per heavy atom. The molecule has 0 amide bonds. The minimum absolute atomic E-state index is 0.592. The number of nitrogens with zero attached hydrogens (tertiary/aromatic N) is 2. The molecule has 132 valence electrons. The highest BCUT2D eigenvalue weighted by atomic mass is 16.5. The van der Waals surface area contributed by atoms with Crippen molar-refractivity contribution in [2.75, 3.05) is 12.4 Å². The molecule has 27 heavy (non-hydrogen) atoms. The van der Waals surface area contributed by atoms with Crippen molar-refractivity contribution in [1.29, 1.82) is 0 Å². The van der Waals surface area contributed by atoms with Gasteiger partial charge in [-0.2, -0.15) is 0 Å². The average Bonchev–Trinajstić information content (AvgIpc) is 3.13. The fourth-order valence-corrected chi connectivity index (χ4v) is 3.45. The molecule has 0 aliphatic rings. The van der Waals surface area contributed by atoms with Gasteiger partial charge in [0.25, 0.3) is 0 Å². The van der Waals surface area contributed by atoms with Gasteiger partial charge in [-0.25, -0.2) is 9.97 Å². The standard InChI is InChI=1S/C22H18N4O/c1-27-14-10-11-18-16(12-14)22(15-6-2-3-7-17(15)24-18)23-13-21-25-19-8-4-5-9-20(19)26-21/h2-12H,13H2,1H3,(H,23,24)(H,25,26). The largest absolute Gasteiger partial charge is 0.497 e. The highest BCUT2D eigenvalue weighted by Crippen LogP contribution is 2.33. The molecule has 0 aliphatic heterocycles. The van der Waals surface area contributed by atoms with E-state index in [0.717, 1.165) is 50.1 Å². The van der Waals surface area contributed by atoms with Gasteiger partial charge < -0.3 is 15.0 Å². The Morgan fingerprint density at radius 2 is 1.63 bits per heavy atom. The lowest BCUT2D eigenvalue weighted by molar-refractivity contribution is 0.415. The van der Waals surface area contributed by atoms with Crippen LogP contribution in [0.4, 0.5) is 5.69 Å². The van der Waals surface area contributed by atoms with Gasteiger partial charge in [-0.1, -0.05) is 30.3 Å². The van der Waals surface area contributed by atoms with Crippen LogP contribution in [-0.4, -0.2) is 22.1 Å². The van der Waals surface area contributed by atoms with E-state index in [1.54, 1.807) is 7.11 Å². The fourth-order valence-electron chi connectivity index (χ4n) is 3.45. The van der Waals surface area contributed by atoms with Crippen LogP contribution in [0.2, 0.25) is 0 Å². The third-order valence-electron chi connectivity index (χ3n) is 4.76. The summed E-state index contributed by atoms with van der Waals surface area (Å²) in [6.45, 7) is 0.592. The number of hydrogen-bond acceptors (Lipinski definition) is 4. The van der Waals surface area contributed by atoms with Crippen LogP contribution in [0.25, 0.3) is 32.8 Å². The molecule has 0 spiro atoms. The van der Waals surface area contributed by atoms with Crippen molar-refractivity contribution in [3.8, 4) is 5.75 Å². The number of pyridine rings is 1. The van der Waals surface area contributed by atoms with Gasteiger partial charge in [-0.05, 0) is 36.4 Å². The van der Waals surface area contributed by atoms with Crippen molar-refractivity contribution in [2.45, 2.75) is 6.54 Å². The summed E-state index contributed by atoms with van der Waals surface area (Å²) in [4.78, 5) is 12.8. The van der Waals surface area contributed by atoms with E-state index in [1.807, 2.05) is 60.7 Å². The Labute approximate surface area is 156 Å². The third kappa shape index (κ3) is 2.73. The van der Waals surface area contributed by atoms with Gasteiger partial charge in [-0.3, -0.25) is 0 Å². The lowest BCUT2D eigenvalue weighted by atomic mass is 10.1. The molecule has 0 unspecified atom stereocenters. The van der Waals surface area contributed by atoms with Crippen LogP contribution < -0.4 is 10.1 Å². The summed E-state index contributed by atoms with van der Waals surface area (Å²) in [5.74, 6) is 1.71. The number of aromatic amines is 1. The second-order valence-electron chi connectivity index (χ2n) is 6.44. The molecule has 5 rings (SSSR count). The van der Waals surface area contributed by atoms with Crippen molar-refractivity contribution < 1.29 is 4.74 Å². The monoisotopic (exact) mass is 354 g/mol. The zero-order chi connectivity index (χ0) is 18.2. The number of imidazole rings is 1. The average molecular weight is 354 g/mol. The van der Waals surface area contributed by atoms with Crippen molar-refractivity contribution in [3.63, 3.8) is 0 Å². The van der Waals surface area contributed by atoms with E-state index in [4.69, 9.17) is 9.72 Å². The Morgan fingerprint density at radius 1 is 0.852 bits per heavy atom. The molecular formula is C22H18N4O. The summed E-state index contributed by atoms with van der Waals surface area (Å²) in [6, 6.07) is 22.2. The number of aromatic nitrogens is 3. The molecule has 5 nitrogen and oxygen atoms in total. The van der Waals surface area contributed by atoms with Gasteiger partial charge in [0.2, 0.25) is 0 Å². The molecule has 2 N–H and O–H groups in total. The Balaban J connectivity index is 1.62. The van der Waals surface area contributed by atoms with E-state index in [9.17, 15) is 0 Å². The molecular weight excluding hydrogens is 336 g/mol. The molecule has 0 saturated heterocycles. The second-order valence-corrected chi connectivity index (χ2v) is 6.44. The summed E-state index contributed by atoms with van der Waals surface area (Å²) < 4.78 is 5.42. The van der Waals surface area contributed by atoms with Gasteiger partial charge in [0.1, 0.15) is 11.6 Å². The van der Waals surface area contributed by atoms with Gasteiger partial charge in [0.15, 0.2) is 0 Å². The summed E-state index contributed by atoms with van der Waals surface area (Å²) in [5, 5.41) is 5.68. The van der Waals surface area contributed by atoms with Crippen LogP contribution in [0.5, 0.6) is 5.75 Å². The first kappa shape index (κ1) is 15.6. The van der Waals surface area contributed by atoms with Crippen molar-refractivity contribution in [3.05, 3.63) is 72.6 Å². The minimum Gasteiger partial charge on any atom is -0.497 e. The van der Waals surface area contributed by atoms with Crippen LogP contribution in [0.3, 0.4) is 0 Å². The molecule has 5 heteroatoms. The van der Waals surface area contributed by atoms with Crippen molar-refractivity contribution in [2.24, 2.45) is 0 Å². The number of rotatable bonds is 4. The van der Waals surface area contributed by atoms with Gasteiger partial charge in [0, 0.05) is 10.8 Å². The summed E-state index contributed by atoms with van der Waals surface area (Å²) in [6.07, 6.45) is 0.